The molecular formula is C44H56O12S4. The van der Waals surface area contributed by atoms with E-state index in [-0.39, 0.29) is 27.0 Å². The van der Waals surface area contributed by atoms with E-state index in [4.69, 9.17) is 24.1 Å². The summed E-state index contributed by atoms with van der Waals surface area (Å²) in [7, 11) is -12.2. The van der Waals surface area contributed by atoms with Crippen molar-refractivity contribution in [1.29, 1.82) is 0 Å². The van der Waals surface area contributed by atoms with Gasteiger partial charge in [0.2, 0.25) is 29.5 Å². The van der Waals surface area contributed by atoms with Gasteiger partial charge in [0.1, 0.15) is 29.4 Å². The zero-order valence-electron chi connectivity index (χ0n) is 37.1. The van der Waals surface area contributed by atoms with Gasteiger partial charge in [0.25, 0.3) is 0 Å². The molecule has 328 valence electrons. The Morgan fingerprint density at radius 1 is 0.467 bits per heavy atom. The summed E-state index contributed by atoms with van der Waals surface area (Å²) < 4.78 is 132. The number of benzene rings is 4. The van der Waals surface area contributed by atoms with Crippen LogP contribution in [0.25, 0.3) is 0 Å². The van der Waals surface area contributed by atoms with Crippen molar-refractivity contribution < 1.29 is 53.5 Å². The van der Waals surface area contributed by atoms with E-state index in [2.05, 4.69) is 0 Å². The van der Waals surface area contributed by atoms with Crippen LogP contribution in [0.3, 0.4) is 0 Å². The summed E-state index contributed by atoms with van der Waals surface area (Å²) in [6, 6.07) is 9.89. The Hall–Kier alpha value is -3.96. The van der Waals surface area contributed by atoms with Crippen LogP contribution in [0.5, 0.6) is 28.7 Å². The molecule has 0 aromatic heterocycles. The van der Waals surface area contributed by atoms with E-state index < -0.39 is 103 Å². The van der Waals surface area contributed by atoms with Crippen LogP contribution in [-0.2, 0) is 62.0 Å². The van der Waals surface area contributed by atoms with E-state index in [9.17, 15) is 0 Å². The molecular weight excluding hydrogens is 849 g/mol. The van der Waals surface area contributed by atoms with Gasteiger partial charge in [-0.1, -0.05) is 83.1 Å². The Labute approximate surface area is 357 Å². The molecule has 0 saturated carbocycles. The molecule has 1 N–H and O–H groups in total. The summed E-state index contributed by atoms with van der Waals surface area (Å²) in [5.41, 5.74) is -1.70. The Bertz CT molecular complexity index is 2790. The smallest absolute Gasteiger partial charge is 0.214 e. The SMILES string of the molecule is CO.COc1c2cc(C(C)(C)C)cc1S(=O)(=O)c1cc(C(C)(C)C)cc(c1OC)S(=O)(=O)c1cc(C(C)(C)C)c3c(c1OC)Oc1c(cc(C(C)(C)C)cc1S2(=O)=O)[S@]3=O. The maximum atomic E-state index is 15.5. The lowest BCUT2D eigenvalue weighted by Gasteiger charge is -2.32. The molecule has 0 saturated heterocycles. The molecule has 12 nitrogen and oxygen atoms in total. The fourth-order valence-electron chi connectivity index (χ4n) is 7.06. The molecule has 0 fully saturated rings. The highest BCUT2D eigenvalue weighted by Gasteiger charge is 2.45. The van der Waals surface area contributed by atoms with Gasteiger partial charge in [-0.2, -0.15) is 0 Å². The van der Waals surface area contributed by atoms with Gasteiger partial charge >= 0.3 is 0 Å². The van der Waals surface area contributed by atoms with Gasteiger partial charge in [-0.25, -0.2) is 29.5 Å². The maximum Gasteiger partial charge on any atom is 0.214 e. The fraction of sp³-hybridized carbons (Fsp3) is 0.455. The van der Waals surface area contributed by atoms with Crippen LogP contribution >= 0.6 is 0 Å². The van der Waals surface area contributed by atoms with E-state index >= 15 is 29.5 Å². The van der Waals surface area contributed by atoms with Gasteiger partial charge in [-0.05, 0) is 86.4 Å². The Morgan fingerprint density at radius 2 is 0.783 bits per heavy atom. The molecule has 2 aliphatic rings. The third-order valence-electron chi connectivity index (χ3n) is 10.6. The molecule has 2 aliphatic heterocycles. The minimum atomic E-state index is -4.89. The van der Waals surface area contributed by atoms with Crippen LogP contribution in [-0.4, -0.2) is 63.0 Å². The number of methoxy groups -OCH3 is 3. The zero-order valence-corrected chi connectivity index (χ0v) is 40.4. The molecule has 0 radical (unpaired) electrons. The molecule has 0 spiro atoms. The van der Waals surface area contributed by atoms with Crippen molar-refractivity contribution in [3.63, 3.8) is 0 Å². The van der Waals surface area contributed by atoms with Crippen molar-refractivity contribution in [3.8, 4) is 28.7 Å². The van der Waals surface area contributed by atoms with Crippen molar-refractivity contribution in [2.75, 3.05) is 28.4 Å². The highest BCUT2D eigenvalue weighted by atomic mass is 32.2. The van der Waals surface area contributed by atoms with Crippen LogP contribution in [0.4, 0.5) is 0 Å². The van der Waals surface area contributed by atoms with Gasteiger partial charge in [0.15, 0.2) is 28.7 Å². The van der Waals surface area contributed by atoms with Crippen molar-refractivity contribution in [2.45, 2.75) is 144 Å². The number of aliphatic hydroxyl groups is 1. The molecule has 0 aliphatic carbocycles. The van der Waals surface area contributed by atoms with Crippen molar-refractivity contribution >= 4 is 40.3 Å². The van der Waals surface area contributed by atoms with Crippen LogP contribution in [0.1, 0.15) is 105 Å². The second-order valence-corrected chi connectivity index (χ2v) is 25.9. The van der Waals surface area contributed by atoms with Crippen molar-refractivity contribution in [2.24, 2.45) is 0 Å². The number of sulfone groups is 3. The number of hydrogen-bond acceptors (Lipinski definition) is 12. The second-order valence-electron chi connectivity index (χ2n) is 18.8. The van der Waals surface area contributed by atoms with Crippen molar-refractivity contribution in [3.05, 3.63) is 64.7 Å². The number of ether oxygens (including phenoxy) is 4. The number of aliphatic hydroxyl groups excluding tert-OH is 1. The number of rotatable bonds is 3. The lowest BCUT2D eigenvalue weighted by atomic mass is 9.86. The summed E-state index contributed by atoms with van der Waals surface area (Å²) in [5, 5.41) is 7.00. The second kappa shape index (κ2) is 15.1. The summed E-state index contributed by atoms with van der Waals surface area (Å²) in [5.74, 6) is -1.92. The lowest BCUT2D eigenvalue weighted by molar-refractivity contribution is 0.349. The zero-order chi connectivity index (χ0) is 45.7. The fourth-order valence-corrected chi connectivity index (χ4v) is 13.9. The maximum absolute atomic E-state index is 15.5. The van der Waals surface area contributed by atoms with E-state index in [1.807, 2.05) is 41.5 Å². The third kappa shape index (κ3) is 7.54. The molecule has 0 amide bonds. The molecule has 4 aromatic rings. The molecule has 2 heterocycles. The Kier molecular flexibility index (Phi) is 11.9. The Balaban J connectivity index is 0.00000336. The number of hydrogen-bond donors (Lipinski definition) is 1. The molecule has 1 atom stereocenters. The van der Waals surface area contributed by atoms with Crippen molar-refractivity contribution in [1.82, 2.24) is 0 Å². The first-order valence-electron chi connectivity index (χ1n) is 19.0. The summed E-state index contributed by atoms with van der Waals surface area (Å²) in [6.45, 7) is 21.9. The standard InChI is InChI=1S/C43H52O11S4.CH4O/c1-40(2,3)23-16-27-34-28(17-23)56(45,46)29-18-24(41(4,5)6)19-30(35(29)51-13)57(47,48)31-20-25(42(7,8)9)21-32(36(31)52-14)58(49,50)33-22-26(43(10,11)12)39(55(27)44)38(54-34)37(33)53-15;1-2/h16-22H,1-15H3;2H,1H3/t55-;/m1./s1. The van der Waals surface area contributed by atoms with Gasteiger partial charge in [-0.15, -0.1) is 0 Å². The third-order valence-corrected chi connectivity index (χ3v) is 17.3. The minimum Gasteiger partial charge on any atom is -0.494 e. The first kappa shape index (κ1) is 47.1. The van der Waals surface area contributed by atoms with E-state index in [1.54, 1.807) is 47.6 Å². The van der Waals surface area contributed by atoms with E-state index in [0.29, 0.717) is 22.3 Å². The first-order valence-corrected chi connectivity index (χ1v) is 24.6. The molecule has 16 heteroatoms. The highest BCUT2D eigenvalue weighted by Crippen LogP contribution is 2.57. The molecule has 60 heavy (non-hydrogen) atoms. The summed E-state index contributed by atoms with van der Waals surface area (Å²) in [4.78, 5) is -2.71. The van der Waals surface area contributed by atoms with Gasteiger partial charge in [0.05, 0.1) is 41.9 Å². The van der Waals surface area contributed by atoms with E-state index in [0.717, 1.165) is 7.11 Å². The van der Waals surface area contributed by atoms with Crippen LogP contribution in [0, 0.1) is 0 Å². The normalized spacial score (nSPS) is 17.6. The van der Waals surface area contributed by atoms with E-state index in [1.165, 1.54) is 57.7 Å². The molecule has 6 rings (SSSR count). The highest BCUT2D eigenvalue weighted by molar-refractivity contribution is 7.93. The number of fused-ring (bicyclic) bond motifs is 5. The predicted molar refractivity (Wildman–Crippen MR) is 229 cm³/mol. The monoisotopic (exact) mass is 904 g/mol. The largest absolute Gasteiger partial charge is 0.494 e. The quantitative estimate of drug-likeness (QED) is 0.179. The minimum absolute atomic E-state index is 0.0351. The summed E-state index contributed by atoms with van der Waals surface area (Å²) >= 11 is 0. The van der Waals surface area contributed by atoms with Gasteiger partial charge in [0, 0.05) is 7.11 Å². The molecule has 4 aromatic carbocycles. The first-order chi connectivity index (χ1) is 27.3. The van der Waals surface area contributed by atoms with Gasteiger partial charge < -0.3 is 24.1 Å². The van der Waals surface area contributed by atoms with Crippen LogP contribution < -0.4 is 18.9 Å². The van der Waals surface area contributed by atoms with Gasteiger partial charge in [-0.3, -0.25) is 0 Å². The Morgan fingerprint density at radius 3 is 1.12 bits per heavy atom. The topological polar surface area (TPSA) is 177 Å². The predicted octanol–water partition coefficient (Wildman–Crippen LogP) is 8.60. The molecule has 7 bridgehead atoms. The van der Waals surface area contributed by atoms with Crippen LogP contribution in [0.2, 0.25) is 0 Å². The summed E-state index contributed by atoms with van der Waals surface area (Å²) in [6.07, 6.45) is 0. The molecule has 0 unspecified atom stereocenters. The average molecular weight is 905 g/mol. The average Bonchev–Trinajstić information content (AvgIpc) is 3.14. The lowest BCUT2D eigenvalue weighted by Crippen LogP contribution is -2.22. The van der Waals surface area contributed by atoms with Crippen LogP contribution in [0.15, 0.2) is 81.6 Å².